The first kappa shape index (κ1) is 20.8. The van der Waals surface area contributed by atoms with Crippen LogP contribution in [0.1, 0.15) is 44.1 Å². The van der Waals surface area contributed by atoms with Crippen molar-refractivity contribution in [3.63, 3.8) is 0 Å². The first-order valence-electron chi connectivity index (χ1n) is 10.1. The Morgan fingerprint density at radius 2 is 2.00 bits per heavy atom. The van der Waals surface area contributed by atoms with Crippen molar-refractivity contribution < 1.29 is 19.0 Å². The molecule has 0 unspecified atom stereocenters. The van der Waals surface area contributed by atoms with E-state index in [4.69, 9.17) is 9.84 Å². The summed E-state index contributed by atoms with van der Waals surface area (Å²) in [5.74, 6) is -1.14. The molecule has 2 aromatic heterocycles. The average Bonchev–Trinajstić information content (AvgIpc) is 3.12. The number of aromatic carboxylic acids is 1. The molecule has 1 aliphatic rings. The van der Waals surface area contributed by atoms with Crippen molar-refractivity contribution in [3.8, 4) is 28.4 Å². The molecule has 31 heavy (non-hydrogen) atoms. The van der Waals surface area contributed by atoms with Gasteiger partial charge in [0.05, 0.1) is 36.3 Å². The molecule has 1 aliphatic heterocycles. The van der Waals surface area contributed by atoms with Crippen molar-refractivity contribution in [2.24, 2.45) is 5.41 Å². The predicted molar refractivity (Wildman–Crippen MR) is 114 cm³/mol. The first-order chi connectivity index (χ1) is 14.6. The lowest BCUT2D eigenvalue weighted by molar-refractivity contribution is 0.0693. The quantitative estimate of drug-likeness (QED) is 0.677. The largest absolute Gasteiger partial charge is 0.493 e. The number of hydrogen-bond donors (Lipinski definition) is 1. The molecule has 0 fully saturated rings. The highest BCUT2D eigenvalue weighted by Crippen LogP contribution is 2.41. The molecule has 1 N–H and O–H groups in total. The highest BCUT2D eigenvalue weighted by atomic mass is 19.1. The van der Waals surface area contributed by atoms with E-state index in [9.17, 15) is 19.1 Å². The van der Waals surface area contributed by atoms with Gasteiger partial charge in [-0.05, 0) is 36.6 Å². The second kappa shape index (κ2) is 7.37. The molecule has 7 nitrogen and oxygen atoms in total. The fourth-order valence-corrected chi connectivity index (χ4v) is 3.99. The monoisotopic (exact) mass is 425 g/mol. The van der Waals surface area contributed by atoms with E-state index in [0.29, 0.717) is 41.5 Å². The molecular formula is C23H24FN3O4. The Balaban J connectivity index is 1.94. The molecule has 0 saturated heterocycles. The zero-order valence-electron chi connectivity index (χ0n) is 17.8. The zero-order valence-corrected chi connectivity index (χ0v) is 17.8. The van der Waals surface area contributed by atoms with E-state index in [2.05, 4.69) is 20.8 Å². The van der Waals surface area contributed by atoms with Crippen molar-refractivity contribution in [2.75, 3.05) is 6.61 Å². The number of aromatic nitrogens is 3. The summed E-state index contributed by atoms with van der Waals surface area (Å²) < 4.78 is 23.3. The number of carboxylic acids is 1. The molecule has 3 heterocycles. The average molecular weight is 425 g/mol. The smallest absolute Gasteiger partial charge is 0.341 e. The van der Waals surface area contributed by atoms with Crippen molar-refractivity contribution >= 4 is 5.97 Å². The van der Waals surface area contributed by atoms with Crippen molar-refractivity contribution in [3.05, 3.63) is 58.1 Å². The molecule has 0 spiro atoms. The van der Waals surface area contributed by atoms with Gasteiger partial charge in [-0.25, -0.2) is 9.18 Å². The van der Waals surface area contributed by atoms with Crippen LogP contribution >= 0.6 is 0 Å². The van der Waals surface area contributed by atoms with Gasteiger partial charge in [0.1, 0.15) is 17.1 Å². The minimum atomic E-state index is -1.26. The van der Waals surface area contributed by atoms with Crippen LogP contribution in [-0.4, -0.2) is 32.0 Å². The van der Waals surface area contributed by atoms with Crippen LogP contribution in [0.5, 0.6) is 5.75 Å². The summed E-state index contributed by atoms with van der Waals surface area (Å²) in [6.45, 7) is 8.91. The minimum Gasteiger partial charge on any atom is -0.493 e. The Kier molecular flexibility index (Phi) is 4.95. The van der Waals surface area contributed by atoms with Crippen LogP contribution in [0.3, 0.4) is 0 Å². The van der Waals surface area contributed by atoms with Gasteiger partial charge in [-0.1, -0.05) is 20.8 Å². The van der Waals surface area contributed by atoms with E-state index in [-0.39, 0.29) is 17.0 Å². The van der Waals surface area contributed by atoms with Crippen LogP contribution in [0.25, 0.3) is 22.6 Å². The Morgan fingerprint density at radius 1 is 1.26 bits per heavy atom. The Bertz CT molecular complexity index is 1240. The number of nitrogens with zero attached hydrogens (tertiary/aromatic N) is 3. The molecule has 0 amide bonds. The minimum absolute atomic E-state index is 0.139. The first-order valence-corrected chi connectivity index (χ1v) is 10.1. The molecule has 162 valence electrons. The summed E-state index contributed by atoms with van der Waals surface area (Å²) in [7, 11) is 0. The van der Waals surface area contributed by atoms with E-state index >= 15 is 0 Å². The molecule has 1 aromatic carbocycles. The Morgan fingerprint density at radius 3 is 2.65 bits per heavy atom. The highest BCUT2D eigenvalue weighted by Gasteiger charge is 2.34. The molecule has 0 radical (unpaired) electrons. The van der Waals surface area contributed by atoms with Crippen molar-refractivity contribution in [2.45, 2.75) is 40.3 Å². The summed E-state index contributed by atoms with van der Waals surface area (Å²) >= 11 is 0. The van der Waals surface area contributed by atoms with Crippen LogP contribution in [0.15, 0.2) is 41.3 Å². The lowest BCUT2D eigenvalue weighted by Gasteiger charge is -2.38. The van der Waals surface area contributed by atoms with Crippen LogP contribution < -0.4 is 10.2 Å². The van der Waals surface area contributed by atoms with Gasteiger partial charge in [-0.3, -0.25) is 9.48 Å². The number of ether oxygens (including phenoxy) is 1. The topological polar surface area (TPSA) is 86.3 Å². The summed E-state index contributed by atoms with van der Waals surface area (Å²) in [6, 6.07) is 7.27. The van der Waals surface area contributed by atoms with Crippen LogP contribution in [-0.2, 0) is 6.54 Å². The fourth-order valence-electron chi connectivity index (χ4n) is 3.99. The van der Waals surface area contributed by atoms with Gasteiger partial charge in [0.15, 0.2) is 5.43 Å². The number of carboxylic acid groups (broad SMARTS) is 1. The summed E-state index contributed by atoms with van der Waals surface area (Å²) in [6.07, 6.45) is 1.42. The third kappa shape index (κ3) is 3.62. The molecule has 0 bridgehead atoms. The van der Waals surface area contributed by atoms with Crippen molar-refractivity contribution in [1.82, 2.24) is 14.3 Å². The van der Waals surface area contributed by atoms with Gasteiger partial charge in [0, 0.05) is 17.8 Å². The Labute approximate surface area is 178 Å². The fraction of sp³-hybridized carbons (Fsp3) is 0.348. The molecule has 4 rings (SSSR count). The van der Waals surface area contributed by atoms with E-state index in [0.717, 1.165) is 0 Å². The predicted octanol–water partition coefficient (Wildman–Crippen LogP) is 4.22. The van der Waals surface area contributed by atoms with Gasteiger partial charge in [0.25, 0.3) is 0 Å². The number of pyridine rings is 1. The van der Waals surface area contributed by atoms with Crippen LogP contribution in [0.4, 0.5) is 4.39 Å². The summed E-state index contributed by atoms with van der Waals surface area (Å²) in [5, 5.41) is 14.1. The number of hydrogen-bond acceptors (Lipinski definition) is 4. The zero-order chi connectivity index (χ0) is 22.5. The number of carbonyl (C=O) groups is 1. The van der Waals surface area contributed by atoms with Crippen LogP contribution in [0.2, 0.25) is 0 Å². The Hall–Kier alpha value is -3.42. The van der Waals surface area contributed by atoms with Gasteiger partial charge in [0.2, 0.25) is 0 Å². The van der Waals surface area contributed by atoms with E-state index in [1.807, 2.05) is 11.5 Å². The summed E-state index contributed by atoms with van der Waals surface area (Å²) in [4.78, 5) is 24.0. The SMILES string of the molecule is CCOc1ccc(F)cc1-c1cc2n(n1)C[C@@H](C(C)(C)C)n1cc(C(=O)O)c(=O)cc1-2. The molecule has 0 aliphatic carbocycles. The maximum atomic E-state index is 14.0. The lowest BCUT2D eigenvalue weighted by Crippen LogP contribution is -2.35. The number of benzene rings is 1. The third-order valence-corrected chi connectivity index (χ3v) is 5.55. The normalized spacial score (nSPS) is 15.3. The molecule has 3 aromatic rings. The van der Waals surface area contributed by atoms with Gasteiger partial charge >= 0.3 is 5.97 Å². The van der Waals surface area contributed by atoms with Gasteiger partial charge in [-0.2, -0.15) is 5.10 Å². The second-order valence-corrected chi connectivity index (χ2v) is 8.70. The number of rotatable bonds is 4. The van der Waals surface area contributed by atoms with Gasteiger partial charge in [-0.15, -0.1) is 0 Å². The molecule has 0 saturated carbocycles. The molecule has 1 atom stereocenters. The number of fused-ring (bicyclic) bond motifs is 3. The molecule has 8 heteroatoms. The highest BCUT2D eigenvalue weighted by molar-refractivity contribution is 5.87. The lowest BCUT2D eigenvalue weighted by atomic mass is 9.85. The third-order valence-electron chi connectivity index (χ3n) is 5.55. The number of halogens is 1. The molecular weight excluding hydrogens is 401 g/mol. The van der Waals surface area contributed by atoms with E-state index < -0.39 is 17.2 Å². The maximum Gasteiger partial charge on any atom is 0.341 e. The van der Waals surface area contributed by atoms with E-state index in [1.165, 1.54) is 24.4 Å². The maximum absolute atomic E-state index is 14.0. The van der Waals surface area contributed by atoms with E-state index in [1.54, 1.807) is 16.8 Å². The second-order valence-electron chi connectivity index (χ2n) is 8.70. The van der Waals surface area contributed by atoms with Crippen molar-refractivity contribution in [1.29, 1.82) is 0 Å². The summed E-state index contributed by atoms with van der Waals surface area (Å²) in [5.41, 5.74) is 1.21. The van der Waals surface area contributed by atoms with Crippen LogP contribution in [0, 0.1) is 11.2 Å². The standard InChI is InChI=1S/C23H24FN3O4/c1-5-31-20-7-6-13(24)8-14(20)16-9-18-17-10-19(28)15(22(29)30)11-26(17)21(23(2,3)4)12-27(18)25-16/h6-11,21H,5,12H2,1-4H3,(H,29,30)/t21-/m0/s1. The van der Waals surface area contributed by atoms with Gasteiger partial charge < -0.3 is 14.4 Å².